The third-order valence-corrected chi connectivity index (χ3v) is 4.28. The summed E-state index contributed by atoms with van der Waals surface area (Å²) in [5.41, 5.74) is 3.29. The molecule has 1 N–H and O–H groups in total. The van der Waals surface area contributed by atoms with Gasteiger partial charge in [0.25, 0.3) is 0 Å². The highest BCUT2D eigenvalue weighted by molar-refractivity contribution is 7.03. The first-order chi connectivity index (χ1) is 13.7. The minimum Gasteiger partial charge on any atom is -0.493 e. The van der Waals surface area contributed by atoms with E-state index in [0.29, 0.717) is 23.8 Å². The van der Waals surface area contributed by atoms with Gasteiger partial charge < -0.3 is 14.8 Å². The van der Waals surface area contributed by atoms with Crippen LogP contribution in [0.1, 0.15) is 5.56 Å². The van der Waals surface area contributed by atoms with Gasteiger partial charge in [-0.1, -0.05) is 35.3 Å². The van der Waals surface area contributed by atoms with Gasteiger partial charge in [0.05, 0.1) is 7.11 Å². The van der Waals surface area contributed by atoms with Crippen LogP contribution in [0.2, 0.25) is 0 Å². The predicted octanol–water partition coefficient (Wildman–Crippen LogP) is 4.43. The molecule has 142 valence electrons. The topological polar surface area (TPSA) is 73.3 Å². The van der Waals surface area contributed by atoms with Crippen LogP contribution < -0.4 is 14.8 Å². The van der Waals surface area contributed by atoms with Gasteiger partial charge in [0.2, 0.25) is 5.91 Å². The Morgan fingerprint density at radius 2 is 2.04 bits per heavy atom. The Kier molecular flexibility index (Phi) is 6.54. The Morgan fingerprint density at radius 3 is 2.71 bits per heavy atom. The third-order valence-electron chi connectivity index (χ3n) is 3.78. The lowest BCUT2D eigenvalue weighted by atomic mass is 10.1. The van der Waals surface area contributed by atoms with E-state index in [9.17, 15) is 4.79 Å². The van der Waals surface area contributed by atoms with Gasteiger partial charge in [-0.25, -0.2) is 0 Å². The van der Waals surface area contributed by atoms with E-state index in [1.165, 1.54) is 17.6 Å². The average Bonchev–Trinajstić information content (AvgIpc) is 3.26. The molecule has 0 saturated carbocycles. The van der Waals surface area contributed by atoms with Crippen molar-refractivity contribution in [1.29, 1.82) is 0 Å². The third kappa shape index (κ3) is 5.05. The monoisotopic (exact) mass is 393 g/mol. The van der Waals surface area contributed by atoms with Crippen LogP contribution in [0, 0.1) is 0 Å². The molecule has 2 aromatic carbocycles. The highest BCUT2D eigenvalue weighted by atomic mass is 32.1. The maximum Gasteiger partial charge on any atom is 0.248 e. The zero-order chi connectivity index (χ0) is 19.8. The largest absolute Gasteiger partial charge is 0.493 e. The summed E-state index contributed by atoms with van der Waals surface area (Å²) in [7, 11) is 1.57. The zero-order valence-corrected chi connectivity index (χ0v) is 16.1. The van der Waals surface area contributed by atoms with Crippen LogP contribution in [0.25, 0.3) is 17.3 Å². The molecule has 0 saturated heterocycles. The summed E-state index contributed by atoms with van der Waals surface area (Å²) in [6, 6.07) is 12.9. The molecule has 0 unspecified atom stereocenters. The maximum absolute atomic E-state index is 12.2. The average molecular weight is 393 g/mol. The van der Waals surface area contributed by atoms with E-state index in [1.807, 2.05) is 35.7 Å². The number of anilines is 1. The number of aromatic nitrogens is 2. The van der Waals surface area contributed by atoms with Crippen LogP contribution in [0.4, 0.5) is 5.69 Å². The van der Waals surface area contributed by atoms with Crippen molar-refractivity contribution in [1.82, 2.24) is 9.59 Å². The molecular weight excluding hydrogens is 374 g/mol. The van der Waals surface area contributed by atoms with Crippen molar-refractivity contribution in [2.45, 2.75) is 0 Å². The molecule has 0 fully saturated rings. The lowest BCUT2D eigenvalue weighted by Gasteiger charge is -2.09. The summed E-state index contributed by atoms with van der Waals surface area (Å²) in [4.78, 5) is 12.2. The molecule has 3 aromatic rings. The quantitative estimate of drug-likeness (QED) is 0.453. The minimum absolute atomic E-state index is 0.228. The van der Waals surface area contributed by atoms with Crippen molar-refractivity contribution in [2.75, 3.05) is 19.0 Å². The fraction of sp³-hybridized carbons (Fsp3) is 0.0952. The molecule has 7 heteroatoms. The smallest absolute Gasteiger partial charge is 0.248 e. The number of carbonyl (C=O) groups is 1. The fourth-order valence-electron chi connectivity index (χ4n) is 2.43. The highest BCUT2D eigenvalue weighted by Gasteiger charge is 2.05. The minimum atomic E-state index is -0.228. The molecule has 1 amide bonds. The summed E-state index contributed by atoms with van der Waals surface area (Å²) in [6.45, 7) is 4.02. The first-order valence-electron chi connectivity index (χ1n) is 8.48. The Labute approximate surface area is 167 Å². The van der Waals surface area contributed by atoms with Gasteiger partial charge in [0.15, 0.2) is 11.5 Å². The summed E-state index contributed by atoms with van der Waals surface area (Å²) >= 11 is 1.30. The van der Waals surface area contributed by atoms with Gasteiger partial charge >= 0.3 is 0 Å². The summed E-state index contributed by atoms with van der Waals surface area (Å²) in [5.74, 6) is 0.991. The summed E-state index contributed by atoms with van der Waals surface area (Å²) < 4.78 is 14.7. The number of nitrogens with zero attached hydrogens (tertiary/aromatic N) is 2. The van der Waals surface area contributed by atoms with Crippen LogP contribution in [-0.2, 0) is 4.79 Å². The van der Waals surface area contributed by atoms with Crippen LogP contribution in [0.5, 0.6) is 11.5 Å². The summed E-state index contributed by atoms with van der Waals surface area (Å²) in [5, 5.41) is 8.72. The molecule has 1 heterocycles. The molecule has 3 rings (SSSR count). The summed E-state index contributed by atoms with van der Waals surface area (Å²) in [6.07, 6.45) is 4.85. The second-order valence-corrected chi connectivity index (χ2v) is 6.31. The molecule has 0 aliphatic rings. The molecule has 6 nitrogen and oxygen atoms in total. The molecule has 0 bridgehead atoms. The van der Waals surface area contributed by atoms with Crippen LogP contribution in [-0.4, -0.2) is 29.2 Å². The van der Waals surface area contributed by atoms with Crippen molar-refractivity contribution in [3.63, 3.8) is 0 Å². The Hall–Kier alpha value is -3.45. The van der Waals surface area contributed by atoms with E-state index in [-0.39, 0.29) is 5.91 Å². The van der Waals surface area contributed by atoms with Gasteiger partial charge in [-0.05, 0) is 47.4 Å². The molecule has 0 radical (unpaired) electrons. The van der Waals surface area contributed by atoms with Crippen molar-refractivity contribution in [3.8, 4) is 22.8 Å². The Morgan fingerprint density at radius 1 is 1.21 bits per heavy atom. The van der Waals surface area contributed by atoms with Crippen molar-refractivity contribution >= 4 is 29.2 Å². The predicted molar refractivity (Wildman–Crippen MR) is 112 cm³/mol. The first kappa shape index (κ1) is 19.3. The Bertz CT molecular complexity index is 967. The second kappa shape index (κ2) is 9.48. The van der Waals surface area contributed by atoms with Gasteiger partial charge in [-0.3, -0.25) is 4.79 Å². The van der Waals surface area contributed by atoms with E-state index >= 15 is 0 Å². The van der Waals surface area contributed by atoms with Crippen molar-refractivity contribution in [2.24, 2.45) is 0 Å². The highest BCUT2D eigenvalue weighted by Crippen LogP contribution is 2.28. The van der Waals surface area contributed by atoms with E-state index < -0.39 is 0 Å². The number of hydrogen-bond acceptors (Lipinski definition) is 6. The number of hydrogen-bond donors (Lipinski definition) is 1. The maximum atomic E-state index is 12.2. The zero-order valence-electron chi connectivity index (χ0n) is 15.3. The van der Waals surface area contributed by atoms with Gasteiger partial charge in [0, 0.05) is 22.7 Å². The number of methoxy groups -OCH3 is 1. The first-order valence-corrected chi connectivity index (χ1v) is 9.31. The molecule has 0 aliphatic carbocycles. The number of nitrogens with one attached hydrogen (secondary N) is 1. The number of carbonyl (C=O) groups excluding carboxylic acids is 1. The molecular formula is C21H19N3O3S. The van der Waals surface area contributed by atoms with E-state index in [2.05, 4.69) is 21.5 Å². The molecule has 1 aromatic heterocycles. The van der Waals surface area contributed by atoms with Gasteiger partial charge in [0.1, 0.15) is 12.3 Å². The van der Waals surface area contributed by atoms with E-state index in [1.54, 1.807) is 31.4 Å². The Balaban J connectivity index is 1.62. The number of ether oxygens (including phenoxy) is 2. The number of benzene rings is 2. The van der Waals surface area contributed by atoms with Gasteiger partial charge in [-0.15, -0.1) is 5.10 Å². The van der Waals surface area contributed by atoms with Crippen LogP contribution >= 0.6 is 11.5 Å². The lowest BCUT2D eigenvalue weighted by Crippen LogP contribution is -2.07. The molecule has 0 atom stereocenters. The fourth-order valence-corrected chi connectivity index (χ4v) is 2.89. The van der Waals surface area contributed by atoms with E-state index in [4.69, 9.17) is 9.47 Å². The number of amides is 1. The normalized spacial score (nSPS) is 10.6. The SMILES string of the molecule is C=CCOc1ccc(/C=C/C(=O)Nc2ccc(-c3csnn3)cc2)cc1OC. The van der Waals surface area contributed by atoms with Gasteiger partial charge in [-0.2, -0.15) is 0 Å². The number of rotatable bonds is 8. The molecule has 28 heavy (non-hydrogen) atoms. The van der Waals surface area contributed by atoms with Crippen LogP contribution in [0.3, 0.4) is 0 Å². The van der Waals surface area contributed by atoms with Crippen LogP contribution in [0.15, 0.2) is 66.6 Å². The van der Waals surface area contributed by atoms with Crippen molar-refractivity contribution < 1.29 is 14.3 Å². The van der Waals surface area contributed by atoms with Crippen molar-refractivity contribution in [3.05, 3.63) is 72.1 Å². The second-order valence-electron chi connectivity index (χ2n) is 5.70. The lowest BCUT2D eigenvalue weighted by molar-refractivity contribution is -0.111. The standard InChI is InChI=1S/C21H19N3O3S/c1-3-12-27-19-10-4-15(13-20(19)26-2)5-11-21(25)22-17-8-6-16(7-9-17)18-14-28-24-23-18/h3-11,13-14H,1,12H2,2H3,(H,22,25)/b11-5+. The van der Waals surface area contributed by atoms with E-state index in [0.717, 1.165) is 16.8 Å². The molecule has 0 aliphatic heterocycles. The molecule has 0 spiro atoms.